The highest BCUT2D eigenvalue weighted by Gasteiger charge is 2.36. The molecule has 2 aromatic rings. The highest BCUT2D eigenvalue weighted by atomic mass is 16.5. The van der Waals surface area contributed by atoms with Crippen molar-refractivity contribution in [2.75, 3.05) is 19.8 Å². The summed E-state index contributed by atoms with van der Waals surface area (Å²) in [6.07, 6.45) is 4.01. The van der Waals surface area contributed by atoms with Crippen molar-refractivity contribution in [3.63, 3.8) is 0 Å². The zero-order valence-corrected chi connectivity index (χ0v) is 16.2. The Morgan fingerprint density at radius 3 is 2.31 bits per heavy atom. The molecule has 0 saturated heterocycles. The summed E-state index contributed by atoms with van der Waals surface area (Å²) in [7, 11) is 0. The fourth-order valence-electron chi connectivity index (χ4n) is 3.00. The molecule has 1 heterocycles. The fraction of sp³-hybridized carbons (Fsp3) is 0.167. The minimum Gasteiger partial charge on any atom is -0.489 e. The molecule has 2 aromatic carbocycles. The van der Waals surface area contributed by atoms with E-state index in [1.807, 2.05) is 30.3 Å². The minimum atomic E-state index is -0.853. The average molecular weight is 389 g/mol. The normalized spacial score (nSPS) is 15.1. The lowest BCUT2D eigenvalue weighted by Crippen LogP contribution is -2.36. The van der Waals surface area contributed by atoms with Crippen molar-refractivity contribution in [3.8, 4) is 11.5 Å². The molecule has 3 rings (SSSR count). The average Bonchev–Trinajstić information content (AvgIpc) is 2.75. The third-order valence-electron chi connectivity index (χ3n) is 4.20. The Morgan fingerprint density at radius 1 is 0.931 bits per heavy atom. The van der Waals surface area contributed by atoms with Gasteiger partial charge in [-0.05, 0) is 5.56 Å². The maximum Gasteiger partial charge on any atom is 0.203 e. The summed E-state index contributed by atoms with van der Waals surface area (Å²) in [5.41, 5.74) is 2.20. The molecule has 0 N–H and O–H groups in total. The third kappa shape index (κ3) is 4.52. The lowest BCUT2D eigenvalue weighted by molar-refractivity contribution is 0.0685. The molecule has 0 bridgehead atoms. The van der Waals surface area contributed by atoms with Crippen LogP contribution in [-0.2, 0) is 4.74 Å². The van der Waals surface area contributed by atoms with Gasteiger partial charge in [-0.25, -0.2) is 4.99 Å². The molecule has 0 aromatic heterocycles. The second-order valence-corrected chi connectivity index (χ2v) is 6.24. The standard InChI is InChI=1S/C24H23NO4/c1-4-12-27-18-15-19-21(20(16-18)28-13-5-2)23(26)24(29-14-6-3)22(25-19)17-10-8-7-9-11-17/h4-11,15-16,24H,1-3,12-14H2. The fourth-order valence-corrected chi connectivity index (χ4v) is 3.00. The molecule has 1 aliphatic heterocycles. The van der Waals surface area contributed by atoms with Crippen LogP contribution in [0.5, 0.6) is 11.5 Å². The molecule has 1 unspecified atom stereocenters. The number of aliphatic imine (C=N–C) groups is 1. The van der Waals surface area contributed by atoms with E-state index in [-0.39, 0.29) is 19.0 Å². The molecule has 5 nitrogen and oxygen atoms in total. The second kappa shape index (κ2) is 9.66. The van der Waals surface area contributed by atoms with E-state index in [9.17, 15) is 4.79 Å². The van der Waals surface area contributed by atoms with Crippen molar-refractivity contribution in [2.45, 2.75) is 6.10 Å². The first-order valence-corrected chi connectivity index (χ1v) is 9.25. The summed E-state index contributed by atoms with van der Waals surface area (Å²) in [6.45, 7) is 11.8. The van der Waals surface area contributed by atoms with Gasteiger partial charge < -0.3 is 14.2 Å². The largest absolute Gasteiger partial charge is 0.489 e. The monoisotopic (exact) mass is 389 g/mol. The summed E-state index contributed by atoms with van der Waals surface area (Å²) < 4.78 is 17.2. The maximum atomic E-state index is 13.4. The molecule has 0 aliphatic carbocycles. The number of rotatable bonds is 10. The summed E-state index contributed by atoms with van der Waals surface area (Å²) in [5.74, 6) is 0.705. The van der Waals surface area contributed by atoms with Gasteiger partial charge in [0.25, 0.3) is 0 Å². The quantitative estimate of drug-likeness (QED) is 0.553. The predicted molar refractivity (Wildman–Crippen MR) is 115 cm³/mol. The number of ketones is 1. The molecule has 148 valence electrons. The minimum absolute atomic E-state index is 0.218. The molecule has 0 fully saturated rings. The van der Waals surface area contributed by atoms with Gasteiger partial charge in [-0.2, -0.15) is 0 Å². The maximum absolute atomic E-state index is 13.4. The van der Waals surface area contributed by atoms with Crippen LogP contribution in [0.1, 0.15) is 15.9 Å². The van der Waals surface area contributed by atoms with Crippen molar-refractivity contribution >= 4 is 17.2 Å². The van der Waals surface area contributed by atoms with Gasteiger partial charge >= 0.3 is 0 Å². The number of fused-ring (bicyclic) bond motifs is 1. The molecule has 0 spiro atoms. The Hall–Kier alpha value is -3.44. The van der Waals surface area contributed by atoms with Gasteiger partial charge in [0.2, 0.25) is 5.78 Å². The van der Waals surface area contributed by atoms with E-state index < -0.39 is 6.10 Å². The van der Waals surface area contributed by atoms with Crippen LogP contribution >= 0.6 is 0 Å². The highest BCUT2D eigenvalue weighted by Crippen LogP contribution is 2.39. The highest BCUT2D eigenvalue weighted by molar-refractivity contribution is 6.26. The summed E-state index contributed by atoms with van der Waals surface area (Å²) in [5, 5.41) is 0. The van der Waals surface area contributed by atoms with Crippen LogP contribution in [0.4, 0.5) is 5.69 Å². The van der Waals surface area contributed by atoms with Gasteiger partial charge in [-0.1, -0.05) is 61.7 Å². The van der Waals surface area contributed by atoms with Crippen molar-refractivity contribution in [3.05, 3.63) is 91.6 Å². The first kappa shape index (κ1) is 20.3. The zero-order chi connectivity index (χ0) is 20.6. The SMILES string of the molecule is C=CCOc1cc2c(c(OCC=C)c1)C(=O)C(OCC=C)C(c1ccccc1)=N2. The zero-order valence-electron chi connectivity index (χ0n) is 16.2. The molecule has 5 heteroatoms. The van der Waals surface area contributed by atoms with Crippen molar-refractivity contribution in [1.29, 1.82) is 0 Å². The molecule has 1 aliphatic rings. The van der Waals surface area contributed by atoms with Crippen LogP contribution < -0.4 is 9.47 Å². The van der Waals surface area contributed by atoms with Gasteiger partial charge in [0.05, 0.1) is 23.6 Å². The molecule has 0 amide bonds. The number of carbonyl (C=O) groups excluding carboxylic acids is 1. The molecule has 0 radical (unpaired) electrons. The number of ether oxygens (including phenoxy) is 3. The van der Waals surface area contributed by atoms with Gasteiger partial charge in [0.1, 0.15) is 24.7 Å². The first-order valence-electron chi connectivity index (χ1n) is 9.25. The van der Waals surface area contributed by atoms with E-state index in [0.717, 1.165) is 5.56 Å². The van der Waals surface area contributed by atoms with E-state index >= 15 is 0 Å². The number of Topliss-reactive ketones (excluding diaryl/α,β-unsaturated/α-hetero) is 1. The van der Waals surface area contributed by atoms with E-state index in [2.05, 4.69) is 19.7 Å². The lowest BCUT2D eigenvalue weighted by atomic mass is 9.92. The van der Waals surface area contributed by atoms with Gasteiger partial charge in [-0.15, -0.1) is 6.58 Å². The summed E-state index contributed by atoms with van der Waals surface area (Å²) >= 11 is 0. The number of carbonyl (C=O) groups is 1. The van der Waals surface area contributed by atoms with E-state index in [1.165, 1.54) is 0 Å². The molecular weight excluding hydrogens is 366 g/mol. The Labute approximate surface area is 170 Å². The smallest absolute Gasteiger partial charge is 0.203 e. The molecule has 1 atom stereocenters. The molecule has 29 heavy (non-hydrogen) atoms. The molecule has 0 saturated carbocycles. The van der Waals surface area contributed by atoms with Gasteiger partial charge in [0.15, 0.2) is 6.10 Å². The van der Waals surface area contributed by atoms with E-state index in [4.69, 9.17) is 19.2 Å². The Kier molecular flexibility index (Phi) is 6.76. The van der Waals surface area contributed by atoms with Crippen molar-refractivity contribution in [1.82, 2.24) is 0 Å². The van der Waals surface area contributed by atoms with Crippen LogP contribution in [0.3, 0.4) is 0 Å². The second-order valence-electron chi connectivity index (χ2n) is 6.24. The first-order chi connectivity index (χ1) is 14.2. The number of benzene rings is 2. The van der Waals surface area contributed by atoms with Crippen molar-refractivity contribution < 1.29 is 19.0 Å². The number of hydrogen-bond donors (Lipinski definition) is 0. The van der Waals surface area contributed by atoms with Gasteiger partial charge in [-0.3, -0.25) is 4.79 Å². The number of hydrogen-bond acceptors (Lipinski definition) is 5. The lowest BCUT2D eigenvalue weighted by Gasteiger charge is -2.26. The summed E-state index contributed by atoms with van der Waals surface area (Å²) in [6, 6.07) is 12.9. The predicted octanol–water partition coefficient (Wildman–Crippen LogP) is 4.70. The van der Waals surface area contributed by atoms with Crippen molar-refractivity contribution in [2.24, 2.45) is 4.99 Å². The van der Waals surface area contributed by atoms with Gasteiger partial charge in [0, 0.05) is 12.1 Å². The summed E-state index contributed by atoms with van der Waals surface area (Å²) in [4.78, 5) is 18.2. The third-order valence-corrected chi connectivity index (χ3v) is 4.20. The Morgan fingerprint density at radius 2 is 1.62 bits per heavy atom. The van der Waals surface area contributed by atoms with Crippen LogP contribution in [0, 0.1) is 0 Å². The van der Waals surface area contributed by atoms with Crippen LogP contribution in [0.25, 0.3) is 0 Å². The van der Waals surface area contributed by atoms with E-state index in [0.29, 0.717) is 35.1 Å². The van der Waals surface area contributed by atoms with Crippen LogP contribution in [0.15, 0.2) is 85.4 Å². The van der Waals surface area contributed by atoms with Crippen LogP contribution in [0.2, 0.25) is 0 Å². The molecular formula is C24H23NO4. The van der Waals surface area contributed by atoms with Crippen LogP contribution in [-0.4, -0.2) is 37.4 Å². The Balaban J connectivity index is 2.15. The topological polar surface area (TPSA) is 57.1 Å². The number of nitrogens with zero attached hydrogens (tertiary/aromatic N) is 1. The Bertz CT molecular complexity index is 947. The van der Waals surface area contributed by atoms with E-state index in [1.54, 1.807) is 30.4 Å².